The van der Waals surface area contributed by atoms with Crippen molar-refractivity contribution in [3.63, 3.8) is 0 Å². The molecule has 1 aromatic heterocycles. The third-order valence-corrected chi connectivity index (χ3v) is 6.99. The van der Waals surface area contributed by atoms with E-state index in [1.165, 1.54) is 16.9 Å². The van der Waals surface area contributed by atoms with Gasteiger partial charge in [0.25, 0.3) is 5.91 Å². The Hall–Kier alpha value is -2.42. The maximum absolute atomic E-state index is 12.4. The fourth-order valence-corrected chi connectivity index (χ4v) is 5.15. The largest absolute Gasteiger partial charge is 0.340 e. The average Bonchev–Trinajstić information content (AvgIpc) is 3.41. The summed E-state index contributed by atoms with van der Waals surface area (Å²) in [4.78, 5) is 19.8. The number of amides is 1. The SMILES string of the molecule is Cc1sc(N(Cc2ccc(Cl)cc2)C2CC2c2ccccc2)nc1C(=O)NS(C)(=O)=O. The van der Waals surface area contributed by atoms with Gasteiger partial charge in [-0.15, -0.1) is 11.3 Å². The molecule has 1 saturated carbocycles. The van der Waals surface area contributed by atoms with E-state index in [9.17, 15) is 13.2 Å². The molecule has 31 heavy (non-hydrogen) atoms. The van der Waals surface area contributed by atoms with Crippen molar-refractivity contribution in [2.75, 3.05) is 11.2 Å². The fourth-order valence-electron chi connectivity index (χ4n) is 3.63. The van der Waals surface area contributed by atoms with Crippen molar-refractivity contribution in [2.24, 2.45) is 0 Å². The van der Waals surface area contributed by atoms with Gasteiger partial charge in [0.1, 0.15) is 5.69 Å². The molecule has 9 heteroatoms. The number of anilines is 1. The number of benzene rings is 2. The fraction of sp³-hybridized carbons (Fsp3) is 0.273. The molecule has 1 aliphatic carbocycles. The number of nitrogens with one attached hydrogen (secondary N) is 1. The number of halogens is 1. The minimum Gasteiger partial charge on any atom is -0.340 e. The summed E-state index contributed by atoms with van der Waals surface area (Å²) in [6.07, 6.45) is 1.94. The number of rotatable bonds is 7. The lowest BCUT2D eigenvalue weighted by Gasteiger charge is -2.23. The van der Waals surface area contributed by atoms with Crippen molar-refractivity contribution in [3.8, 4) is 0 Å². The summed E-state index contributed by atoms with van der Waals surface area (Å²) in [5, 5.41) is 1.38. The van der Waals surface area contributed by atoms with Gasteiger partial charge in [0.2, 0.25) is 10.0 Å². The van der Waals surface area contributed by atoms with Crippen LogP contribution in [0.5, 0.6) is 0 Å². The Kier molecular flexibility index (Phi) is 6.05. The van der Waals surface area contributed by atoms with Crippen LogP contribution in [-0.4, -0.2) is 31.6 Å². The van der Waals surface area contributed by atoms with Gasteiger partial charge in [-0.1, -0.05) is 54.1 Å². The highest BCUT2D eigenvalue weighted by molar-refractivity contribution is 7.89. The predicted octanol–water partition coefficient (Wildman–Crippen LogP) is 4.36. The van der Waals surface area contributed by atoms with Crippen LogP contribution >= 0.6 is 22.9 Å². The van der Waals surface area contributed by atoms with E-state index in [-0.39, 0.29) is 11.7 Å². The maximum Gasteiger partial charge on any atom is 0.284 e. The molecule has 1 heterocycles. The molecule has 162 valence electrons. The van der Waals surface area contributed by atoms with Gasteiger partial charge >= 0.3 is 0 Å². The Labute approximate surface area is 190 Å². The molecule has 4 rings (SSSR count). The zero-order valence-corrected chi connectivity index (χ0v) is 19.5. The lowest BCUT2D eigenvalue weighted by atomic mass is 10.1. The third-order valence-electron chi connectivity index (χ3n) is 5.18. The van der Waals surface area contributed by atoms with Crippen molar-refractivity contribution in [1.82, 2.24) is 9.71 Å². The Bertz CT molecular complexity index is 1190. The number of carbonyl (C=O) groups excluding carboxylic acids is 1. The van der Waals surface area contributed by atoms with E-state index in [4.69, 9.17) is 11.6 Å². The Morgan fingerprint density at radius 3 is 2.52 bits per heavy atom. The number of carbonyl (C=O) groups is 1. The second kappa shape index (κ2) is 8.61. The zero-order chi connectivity index (χ0) is 22.2. The topological polar surface area (TPSA) is 79.4 Å². The van der Waals surface area contributed by atoms with E-state index in [1.54, 1.807) is 6.92 Å². The number of aryl methyl sites for hydroxylation is 1. The molecule has 1 aliphatic rings. The van der Waals surface area contributed by atoms with E-state index in [2.05, 4.69) is 22.0 Å². The van der Waals surface area contributed by atoms with Crippen molar-refractivity contribution >= 4 is 44.0 Å². The lowest BCUT2D eigenvalue weighted by Crippen LogP contribution is -2.30. The molecule has 1 N–H and O–H groups in total. The van der Waals surface area contributed by atoms with Gasteiger partial charge in [-0.2, -0.15) is 0 Å². The predicted molar refractivity (Wildman–Crippen MR) is 124 cm³/mol. The summed E-state index contributed by atoms with van der Waals surface area (Å²) in [6.45, 7) is 2.39. The van der Waals surface area contributed by atoms with Crippen LogP contribution < -0.4 is 9.62 Å². The number of hydrogen-bond acceptors (Lipinski definition) is 6. The number of nitrogens with zero attached hydrogens (tertiary/aromatic N) is 2. The second-order valence-electron chi connectivity index (χ2n) is 7.68. The van der Waals surface area contributed by atoms with E-state index >= 15 is 0 Å². The highest BCUT2D eigenvalue weighted by atomic mass is 35.5. The van der Waals surface area contributed by atoms with Crippen LogP contribution in [0.3, 0.4) is 0 Å². The van der Waals surface area contributed by atoms with Gasteiger partial charge in [-0.3, -0.25) is 4.79 Å². The second-order valence-corrected chi connectivity index (χ2v) is 11.0. The van der Waals surface area contributed by atoms with Crippen LogP contribution in [-0.2, 0) is 16.6 Å². The van der Waals surface area contributed by atoms with Crippen LogP contribution in [0.1, 0.15) is 38.8 Å². The Morgan fingerprint density at radius 2 is 1.87 bits per heavy atom. The molecule has 0 aliphatic heterocycles. The number of sulfonamides is 1. The molecule has 2 aromatic carbocycles. The number of thiazole rings is 1. The third kappa shape index (κ3) is 5.26. The van der Waals surface area contributed by atoms with Crippen LogP contribution in [0.25, 0.3) is 0 Å². The van der Waals surface area contributed by atoms with Gasteiger partial charge in [0, 0.05) is 28.4 Å². The summed E-state index contributed by atoms with van der Waals surface area (Å²) >= 11 is 7.44. The maximum atomic E-state index is 12.4. The molecule has 3 aromatic rings. The van der Waals surface area contributed by atoms with Gasteiger partial charge in [-0.25, -0.2) is 18.1 Å². The van der Waals surface area contributed by atoms with Crippen LogP contribution in [0.2, 0.25) is 5.02 Å². The Morgan fingerprint density at radius 1 is 1.19 bits per heavy atom. The molecule has 2 atom stereocenters. The molecule has 0 radical (unpaired) electrons. The lowest BCUT2D eigenvalue weighted by molar-refractivity contribution is 0.0977. The van der Waals surface area contributed by atoms with Crippen LogP contribution in [0.15, 0.2) is 54.6 Å². The first-order chi connectivity index (χ1) is 14.7. The molecule has 2 unspecified atom stereocenters. The smallest absolute Gasteiger partial charge is 0.284 e. The van der Waals surface area contributed by atoms with Crippen molar-refractivity contribution in [1.29, 1.82) is 0 Å². The van der Waals surface area contributed by atoms with Crippen LogP contribution in [0, 0.1) is 6.92 Å². The van der Waals surface area contributed by atoms with E-state index < -0.39 is 15.9 Å². The normalized spacial score (nSPS) is 17.9. The molecule has 6 nitrogen and oxygen atoms in total. The molecule has 0 saturated heterocycles. The molecule has 0 bridgehead atoms. The van der Waals surface area contributed by atoms with Crippen molar-refractivity contribution in [3.05, 3.63) is 81.3 Å². The molecular formula is C22H22ClN3O3S2. The standard InChI is InChI=1S/C22H22ClN3O3S2/c1-14-20(21(27)25-31(2,28)29)24-22(30-14)26(13-15-8-10-17(23)11-9-15)19-12-18(19)16-6-4-3-5-7-16/h3-11,18-19H,12-13H2,1-2H3,(H,25,27). The van der Waals surface area contributed by atoms with Gasteiger partial charge in [-0.05, 0) is 36.6 Å². The summed E-state index contributed by atoms with van der Waals surface area (Å²) in [7, 11) is -3.66. The van der Waals surface area contributed by atoms with Crippen molar-refractivity contribution in [2.45, 2.75) is 31.8 Å². The van der Waals surface area contributed by atoms with E-state index in [0.717, 1.165) is 18.2 Å². The average molecular weight is 476 g/mol. The first kappa shape index (κ1) is 21.8. The highest BCUT2D eigenvalue weighted by Crippen LogP contribution is 2.47. The van der Waals surface area contributed by atoms with E-state index in [1.807, 2.05) is 47.2 Å². The first-order valence-corrected chi connectivity index (χ1v) is 12.9. The summed E-state index contributed by atoms with van der Waals surface area (Å²) in [5.41, 5.74) is 2.50. The summed E-state index contributed by atoms with van der Waals surface area (Å²) in [5.74, 6) is -0.324. The van der Waals surface area contributed by atoms with Gasteiger partial charge in [0.05, 0.1) is 6.26 Å². The quantitative estimate of drug-likeness (QED) is 0.549. The minimum atomic E-state index is -3.66. The van der Waals surface area contributed by atoms with E-state index in [0.29, 0.717) is 27.5 Å². The Balaban J connectivity index is 1.64. The highest BCUT2D eigenvalue weighted by Gasteiger charge is 2.44. The monoisotopic (exact) mass is 475 g/mol. The zero-order valence-electron chi connectivity index (χ0n) is 17.1. The molecule has 1 fully saturated rings. The molecular weight excluding hydrogens is 454 g/mol. The summed E-state index contributed by atoms with van der Waals surface area (Å²) in [6, 6.07) is 18.2. The first-order valence-electron chi connectivity index (χ1n) is 9.77. The van der Waals surface area contributed by atoms with Crippen molar-refractivity contribution < 1.29 is 13.2 Å². The molecule has 1 amide bonds. The summed E-state index contributed by atoms with van der Waals surface area (Å²) < 4.78 is 25.0. The molecule has 0 spiro atoms. The number of aromatic nitrogens is 1. The van der Waals surface area contributed by atoms with Gasteiger partial charge < -0.3 is 4.90 Å². The minimum absolute atomic E-state index is 0.142. The van der Waals surface area contributed by atoms with Crippen LogP contribution in [0.4, 0.5) is 5.13 Å². The van der Waals surface area contributed by atoms with Gasteiger partial charge in [0.15, 0.2) is 5.13 Å². The number of hydrogen-bond donors (Lipinski definition) is 1.